The normalized spacial score (nSPS) is 13.8. The largest absolute Gasteiger partial charge is 0.472 e. The van der Waals surface area contributed by atoms with Gasteiger partial charge in [-0.1, -0.05) is 96.8 Å². The molecule has 0 aromatic carbocycles. The van der Waals surface area contributed by atoms with Crippen LogP contribution in [0.3, 0.4) is 0 Å². The average Bonchev–Trinajstić information content (AvgIpc) is 2.81. The molecule has 35 heavy (non-hydrogen) atoms. The number of carbonyl (C=O) groups excluding carboxylic acids is 2. The highest BCUT2D eigenvalue weighted by molar-refractivity contribution is 7.47. The zero-order chi connectivity index (χ0) is 26.2. The molecule has 0 amide bonds. The highest BCUT2D eigenvalue weighted by atomic mass is 31.2. The quantitative estimate of drug-likeness (QED) is 0.0862. The Morgan fingerprint density at radius 3 is 1.74 bits per heavy atom. The maximum absolute atomic E-state index is 12.0. The summed E-state index contributed by atoms with van der Waals surface area (Å²) in [5.41, 5.74) is 5.21. The van der Waals surface area contributed by atoms with Crippen LogP contribution in [0.1, 0.15) is 117 Å². The second kappa shape index (κ2) is 23.4. The number of nitrogens with two attached hydrogens (primary N) is 1. The molecule has 0 aromatic heterocycles. The summed E-state index contributed by atoms with van der Waals surface area (Å²) < 4.78 is 31.2. The maximum atomic E-state index is 12.0. The molecular formula is C25H50NO8P. The monoisotopic (exact) mass is 523 g/mol. The van der Waals surface area contributed by atoms with E-state index >= 15 is 0 Å². The number of hydrogen-bond donors (Lipinski definition) is 2. The van der Waals surface area contributed by atoms with Gasteiger partial charge in [-0.3, -0.25) is 18.6 Å². The number of ether oxygens (including phenoxy) is 2. The molecule has 0 saturated heterocycles. The Hall–Kier alpha value is -0.990. The lowest BCUT2D eigenvalue weighted by Crippen LogP contribution is -2.28. The fraction of sp³-hybridized carbons (Fsp3) is 0.920. The molecule has 0 rings (SSSR count). The minimum absolute atomic E-state index is 0.0538. The Labute approximate surface area is 212 Å². The number of esters is 2. The number of rotatable bonds is 25. The molecule has 0 saturated carbocycles. The van der Waals surface area contributed by atoms with Gasteiger partial charge in [-0.15, -0.1) is 0 Å². The topological polar surface area (TPSA) is 134 Å². The van der Waals surface area contributed by atoms with Crippen molar-refractivity contribution in [3.05, 3.63) is 0 Å². The molecule has 0 bridgehead atoms. The first-order chi connectivity index (χ1) is 16.8. The van der Waals surface area contributed by atoms with Crippen LogP contribution in [0.5, 0.6) is 0 Å². The summed E-state index contributed by atoms with van der Waals surface area (Å²) in [7, 11) is -4.31. The smallest absolute Gasteiger partial charge is 0.462 e. The predicted molar refractivity (Wildman–Crippen MR) is 137 cm³/mol. The van der Waals surface area contributed by atoms with Gasteiger partial charge in [0.1, 0.15) is 6.61 Å². The van der Waals surface area contributed by atoms with Gasteiger partial charge < -0.3 is 20.1 Å². The molecule has 10 heteroatoms. The van der Waals surface area contributed by atoms with Crippen LogP contribution < -0.4 is 5.73 Å². The second-order valence-electron chi connectivity index (χ2n) is 9.00. The molecule has 208 valence electrons. The third-order valence-electron chi connectivity index (χ3n) is 5.54. The molecule has 0 aliphatic heterocycles. The fourth-order valence-corrected chi connectivity index (χ4v) is 4.40. The van der Waals surface area contributed by atoms with Crippen LogP contribution >= 0.6 is 7.82 Å². The first-order valence-electron chi connectivity index (χ1n) is 13.5. The van der Waals surface area contributed by atoms with E-state index in [4.69, 9.17) is 19.7 Å². The van der Waals surface area contributed by atoms with E-state index < -0.39 is 32.5 Å². The number of phosphoric ester groups is 1. The van der Waals surface area contributed by atoms with E-state index in [-0.39, 0.29) is 26.2 Å². The summed E-state index contributed by atoms with van der Waals surface area (Å²) in [6, 6.07) is 0. The minimum Gasteiger partial charge on any atom is -0.462 e. The molecule has 0 aliphatic rings. The third-order valence-corrected chi connectivity index (χ3v) is 6.53. The lowest BCUT2D eigenvalue weighted by molar-refractivity contribution is -0.159. The standard InChI is InChI=1S/C25H50NO8P/c1-3-4-5-6-7-8-9-10-11-12-13-14-15-16-17-18-25(28)31-21-24(34-23(2)27)22-33-35(29,30)32-20-19-26/h24H,3-22,26H2,1-2H3,(H,29,30)/t24-/m1/s1. The molecule has 0 heterocycles. The van der Waals surface area contributed by atoms with E-state index in [0.717, 1.165) is 19.3 Å². The molecule has 0 fully saturated rings. The van der Waals surface area contributed by atoms with Gasteiger partial charge >= 0.3 is 19.8 Å². The highest BCUT2D eigenvalue weighted by Crippen LogP contribution is 2.43. The maximum Gasteiger partial charge on any atom is 0.472 e. The van der Waals surface area contributed by atoms with Crippen molar-refractivity contribution in [2.24, 2.45) is 5.73 Å². The van der Waals surface area contributed by atoms with Crippen LogP contribution in [0.15, 0.2) is 0 Å². The molecule has 0 radical (unpaired) electrons. The molecule has 3 N–H and O–H groups in total. The lowest BCUT2D eigenvalue weighted by Gasteiger charge is -2.19. The Morgan fingerprint density at radius 2 is 1.29 bits per heavy atom. The van der Waals surface area contributed by atoms with Crippen LogP contribution in [0.2, 0.25) is 0 Å². The average molecular weight is 524 g/mol. The minimum atomic E-state index is -4.31. The Balaban J connectivity index is 3.74. The van der Waals surface area contributed by atoms with Crippen molar-refractivity contribution in [2.45, 2.75) is 123 Å². The molecule has 2 atom stereocenters. The van der Waals surface area contributed by atoms with Crippen LogP contribution in [0.4, 0.5) is 0 Å². The number of unbranched alkanes of at least 4 members (excludes halogenated alkanes) is 14. The van der Waals surface area contributed by atoms with Crippen molar-refractivity contribution in [1.82, 2.24) is 0 Å². The van der Waals surface area contributed by atoms with Gasteiger partial charge in [-0.05, 0) is 6.42 Å². The van der Waals surface area contributed by atoms with Gasteiger partial charge in [0.05, 0.1) is 13.2 Å². The first-order valence-corrected chi connectivity index (χ1v) is 14.9. The van der Waals surface area contributed by atoms with Crippen molar-refractivity contribution in [2.75, 3.05) is 26.4 Å². The van der Waals surface area contributed by atoms with E-state index in [1.165, 1.54) is 84.0 Å². The SMILES string of the molecule is CCCCCCCCCCCCCCCCCC(=O)OC[C@H](COP(=O)(O)OCCN)OC(C)=O. The van der Waals surface area contributed by atoms with Gasteiger partial charge in [0.2, 0.25) is 0 Å². The van der Waals surface area contributed by atoms with Crippen LogP contribution in [0, 0.1) is 0 Å². The lowest BCUT2D eigenvalue weighted by atomic mass is 10.0. The molecular weight excluding hydrogens is 473 g/mol. The van der Waals surface area contributed by atoms with E-state index in [0.29, 0.717) is 0 Å². The van der Waals surface area contributed by atoms with Crippen molar-refractivity contribution < 1.29 is 37.6 Å². The van der Waals surface area contributed by atoms with Crippen molar-refractivity contribution in [3.8, 4) is 0 Å². The molecule has 0 spiro atoms. The summed E-state index contributed by atoms with van der Waals surface area (Å²) in [5, 5.41) is 0. The van der Waals surface area contributed by atoms with Gasteiger partial charge in [0, 0.05) is 19.9 Å². The number of phosphoric acid groups is 1. The van der Waals surface area contributed by atoms with Gasteiger partial charge in [-0.2, -0.15) is 0 Å². The second-order valence-corrected chi connectivity index (χ2v) is 10.5. The summed E-state index contributed by atoms with van der Waals surface area (Å²) >= 11 is 0. The van der Waals surface area contributed by atoms with E-state index in [1.54, 1.807) is 0 Å². The van der Waals surface area contributed by atoms with E-state index in [2.05, 4.69) is 11.4 Å². The summed E-state index contributed by atoms with van der Waals surface area (Å²) in [5.74, 6) is -1.02. The van der Waals surface area contributed by atoms with Gasteiger partial charge in [0.25, 0.3) is 0 Å². The predicted octanol–water partition coefficient (Wildman–Crippen LogP) is 5.82. The molecule has 1 unspecified atom stereocenters. The number of carbonyl (C=O) groups is 2. The summed E-state index contributed by atoms with van der Waals surface area (Å²) in [6.45, 7) is 2.64. The van der Waals surface area contributed by atoms with E-state index in [1.807, 2.05) is 0 Å². The Morgan fingerprint density at radius 1 is 0.800 bits per heavy atom. The van der Waals surface area contributed by atoms with Crippen LogP contribution in [-0.2, 0) is 32.7 Å². The highest BCUT2D eigenvalue weighted by Gasteiger charge is 2.25. The Kier molecular flexibility index (Phi) is 22.7. The zero-order valence-electron chi connectivity index (χ0n) is 22.0. The van der Waals surface area contributed by atoms with Crippen molar-refractivity contribution in [3.63, 3.8) is 0 Å². The summed E-state index contributed by atoms with van der Waals surface area (Å²) in [6.07, 6.45) is 18.0. The fourth-order valence-electron chi connectivity index (χ4n) is 3.63. The first kappa shape index (κ1) is 34.0. The Bertz CT molecular complexity index is 576. The third kappa shape index (κ3) is 24.5. The molecule has 9 nitrogen and oxygen atoms in total. The molecule has 0 aromatic rings. The van der Waals surface area contributed by atoms with Gasteiger partial charge in [-0.25, -0.2) is 4.57 Å². The summed E-state index contributed by atoms with van der Waals surface area (Å²) in [4.78, 5) is 32.7. The van der Waals surface area contributed by atoms with Crippen LogP contribution in [-0.4, -0.2) is 49.3 Å². The number of hydrogen-bond acceptors (Lipinski definition) is 8. The zero-order valence-corrected chi connectivity index (χ0v) is 22.9. The van der Waals surface area contributed by atoms with Crippen LogP contribution in [0.25, 0.3) is 0 Å². The van der Waals surface area contributed by atoms with E-state index in [9.17, 15) is 19.0 Å². The molecule has 0 aliphatic carbocycles. The van der Waals surface area contributed by atoms with Gasteiger partial charge in [0.15, 0.2) is 6.10 Å². The van der Waals surface area contributed by atoms with Crippen molar-refractivity contribution in [1.29, 1.82) is 0 Å². The van der Waals surface area contributed by atoms with Crippen molar-refractivity contribution >= 4 is 19.8 Å².